The number of rotatable bonds is 6. The van der Waals surface area contributed by atoms with Crippen LogP contribution in [0.2, 0.25) is 0 Å². The van der Waals surface area contributed by atoms with Gasteiger partial charge in [-0.1, -0.05) is 13.8 Å². The zero-order valence-corrected chi connectivity index (χ0v) is 12.8. The van der Waals surface area contributed by atoms with E-state index in [-0.39, 0.29) is 24.4 Å². The maximum Gasteiger partial charge on any atom is 0.0959 e. The Morgan fingerprint density at radius 2 is 2.00 bits per heavy atom. The van der Waals surface area contributed by atoms with Crippen molar-refractivity contribution in [3.8, 4) is 0 Å². The fourth-order valence-corrected chi connectivity index (χ4v) is 2.98. The van der Waals surface area contributed by atoms with E-state index < -0.39 is 0 Å². The molecular formula is C15H30N2O2. The highest BCUT2D eigenvalue weighted by Crippen LogP contribution is 2.29. The maximum atomic E-state index is 10.4. The zero-order valence-electron chi connectivity index (χ0n) is 12.8. The zero-order chi connectivity index (χ0) is 14.0. The molecule has 0 radical (unpaired) electrons. The van der Waals surface area contributed by atoms with Crippen molar-refractivity contribution < 1.29 is 9.84 Å². The second-order valence-electron chi connectivity index (χ2n) is 6.74. The molecule has 0 bridgehead atoms. The van der Waals surface area contributed by atoms with Gasteiger partial charge in [0.1, 0.15) is 0 Å². The van der Waals surface area contributed by atoms with Crippen LogP contribution in [-0.4, -0.2) is 61.0 Å². The second-order valence-corrected chi connectivity index (χ2v) is 6.74. The van der Waals surface area contributed by atoms with Crippen LogP contribution in [0, 0.1) is 5.92 Å². The number of aliphatic hydroxyl groups is 1. The van der Waals surface area contributed by atoms with Gasteiger partial charge in [-0.2, -0.15) is 0 Å². The number of nitrogens with one attached hydrogen (secondary N) is 1. The molecule has 0 aromatic carbocycles. The Morgan fingerprint density at radius 3 is 2.53 bits per heavy atom. The quantitative estimate of drug-likeness (QED) is 0.762. The molecule has 2 N–H and O–H groups in total. The van der Waals surface area contributed by atoms with Crippen molar-refractivity contribution in [1.29, 1.82) is 0 Å². The summed E-state index contributed by atoms with van der Waals surface area (Å²) in [6.07, 6.45) is 4.52. The van der Waals surface area contributed by atoms with Gasteiger partial charge < -0.3 is 20.1 Å². The van der Waals surface area contributed by atoms with E-state index in [1.807, 2.05) is 0 Å². The van der Waals surface area contributed by atoms with Crippen molar-refractivity contribution in [3.05, 3.63) is 0 Å². The van der Waals surface area contributed by atoms with Gasteiger partial charge in [0.05, 0.1) is 18.3 Å². The molecule has 0 spiro atoms. The lowest BCUT2D eigenvalue weighted by atomic mass is 9.88. The number of nitrogens with zero attached hydrogens (tertiary/aromatic N) is 1. The van der Waals surface area contributed by atoms with Gasteiger partial charge in [-0.15, -0.1) is 0 Å². The van der Waals surface area contributed by atoms with E-state index in [1.54, 1.807) is 0 Å². The SMILES string of the molecule is CC(C)[C@@H]1O[C@@H](CCNC2CC2)CC(N(C)C)C1O. The summed E-state index contributed by atoms with van der Waals surface area (Å²) in [7, 11) is 4.10. The van der Waals surface area contributed by atoms with E-state index in [2.05, 4.69) is 38.2 Å². The molecule has 1 saturated carbocycles. The smallest absolute Gasteiger partial charge is 0.0959 e. The molecule has 112 valence electrons. The van der Waals surface area contributed by atoms with Gasteiger partial charge in [0.25, 0.3) is 0 Å². The second kappa shape index (κ2) is 6.53. The predicted molar refractivity (Wildman–Crippen MR) is 77.2 cm³/mol. The van der Waals surface area contributed by atoms with Crippen molar-refractivity contribution in [2.75, 3.05) is 20.6 Å². The number of ether oxygens (including phenoxy) is 1. The van der Waals surface area contributed by atoms with E-state index in [0.29, 0.717) is 5.92 Å². The molecule has 19 heavy (non-hydrogen) atoms. The van der Waals surface area contributed by atoms with E-state index >= 15 is 0 Å². The summed E-state index contributed by atoms with van der Waals surface area (Å²) in [5, 5.41) is 14.0. The van der Waals surface area contributed by atoms with E-state index in [9.17, 15) is 5.11 Å². The highest BCUT2D eigenvalue weighted by Gasteiger charge is 2.39. The summed E-state index contributed by atoms with van der Waals surface area (Å²) < 4.78 is 6.13. The maximum absolute atomic E-state index is 10.4. The number of hydrogen-bond donors (Lipinski definition) is 2. The van der Waals surface area contributed by atoms with Crippen molar-refractivity contribution in [3.63, 3.8) is 0 Å². The molecule has 1 heterocycles. The number of aliphatic hydroxyl groups excluding tert-OH is 1. The fraction of sp³-hybridized carbons (Fsp3) is 1.00. The van der Waals surface area contributed by atoms with E-state index in [0.717, 1.165) is 25.4 Å². The average Bonchev–Trinajstić information content (AvgIpc) is 3.14. The highest BCUT2D eigenvalue weighted by atomic mass is 16.5. The van der Waals surface area contributed by atoms with Crippen LogP contribution in [0.1, 0.15) is 39.5 Å². The van der Waals surface area contributed by atoms with E-state index in [1.165, 1.54) is 12.8 Å². The van der Waals surface area contributed by atoms with Crippen molar-refractivity contribution in [1.82, 2.24) is 10.2 Å². The third kappa shape index (κ3) is 4.15. The van der Waals surface area contributed by atoms with Crippen LogP contribution in [0.15, 0.2) is 0 Å². The molecule has 1 saturated heterocycles. The molecule has 4 atom stereocenters. The lowest BCUT2D eigenvalue weighted by Gasteiger charge is -2.44. The summed E-state index contributed by atoms with van der Waals surface area (Å²) in [5.41, 5.74) is 0. The molecule has 1 aliphatic carbocycles. The van der Waals surface area contributed by atoms with Crippen molar-refractivity contribution in [2.24, 2.45) is 5.92 Å². The monoisotopic (exact) mass is 270 g/mol. The van der Waals surface area contributed by atoms with Crippen LogP contribution < -0.4 is 5.32 Å². The van der Waals surface area contributed by atoms with Crippen LogP contribution in [0.5, 0.6) is 0 Å². The third-order valence-electron chi connectivity index (χ3n) is 4.38. The Morgan fingerprint density at radius 1 is 1.32 bits per heavy atom. The third-order valence-corrected chi connectivity index (χ3v) is 4.38. The molecule has 2 rings (SSSR count). The summed E-state index contributed by atoms with van der Waals surface area (Å²) in [5.74, 6) is 0.358. The van der Waals surface area contributed by atoms with Gasteiger partial charge in [0.15, 0.2) is 0 Å². The summed E-state index contributed by atoms with van der Waals surface area (Å²) in [6.45, 7) is 5.30. The van der Waals surface area contributed by atoms with Gasteiger partial charge in [0, 0.05) is 12.1 Å². The van der Waals surface area contributed by atoms with Crippen LogP contribution in [0.4, 0.5) is 0 Å². The Balaban J connectivity index is 1.87. The molecule has 2 aliphatic rings. The van der Waals surface area contributed by atoms with Crippen LogP contribution in [0.25, 0.3) is 0 Å². The minimum Gasteiger partial charge on any atom is -0.389 e. The molecule has 4 nitrogen and oxygen atoms in total. The van der Waals surface area contributed by atoms with Crippen LogP contribution in [0.3, 0.4) is 0 Å². The minimum atomic E-state index is -0.373. The fourth-order valence-electron chi connectivity index (χ4n) is 2.98. The number of hydrogen-bond acceptors (Lipinski definition) is 4. The number of likely N-dealkylation sites (N-methyl/N-ethyl adjacent to an activating group) is 1. The Bertz CT molecular complexity index is 261. The molecular weight excluding hydrogens is 240 g/mol. The van der Waals surface area contributed by atoms with Crippen molar-refractivity contribution in [2.45, 2.75) is 69.9 Å². The molecule has 0 aromatic heterocycles. The topological polar surface area (TPSA) is 44.7 Å². The van der Waals surface area contributed by atoms with Crippen LogP contribution >= 0.6 is 0 Å². The summed E-state index contributed by atoms with van der Waals surface area (Å²) >= 11 is 0. The lowest BCUT2D eigenvalue weighted by Crippen LogP contribution is -2.55. The molecule has 0 amide bonds. The van der Waals surface area contributed by atoms with Gasteiger partial charge >= 0.3 is 0 Å². The largest absolute Gasteiger partial charge is 0.389 e. The predicted octanol–water partition coefficient (Wildman–Crippen LogP) is 1.23. The minimum absolute atomic E-state index is 0.0351. The molecule has 1 aliphatic heterocycles. The first-order chi connectivity index (χ1) is 8.99. The van der Waals surface area contributed by atoms with Gasteiger partial charge in [-0.05, 0) is 52.2 Å². The first-order valence-corrected chi connectivity index (χ1v) is 7.72. The van der Waals surface area contributed by atoms with Crippen molar-refractivity contribution >= 4 is 0 Å². The van der Waals surface area contributed by atoms with E-state index in [4.69, 9.17) is 4.74 Å². The molecule has 2 unspecified atom stereocenters. The first-order valence-electron chi connectivity index (χ1n) is 7.72. The Kier molecular flexibility index (Phi) is 5.23. The normalized spacial score (nSPS) is 36.2. The Hall–Kier alpha value is -0.160. The average molecular weight is 270 g/mol. The standard InChI is InChI=1S/C15H30N2O2/c1-10(2)15-14(18)13(17(3)4)9-12(19-15)7-8-16-11-5-6-11/h10-16,18H,5-9H2,1-4H3/t12-,13?,14?,15-/m0/s1. The molecule has 0 aromatic rings. The first kappa shape index (κ1) is 15.2. The van der Waals surface area contributed by atoms with Gasteiger partial charge in [-0.25, -0.2) is 0 Å². The highest BCUT2D eigenvalue weighted by molar-refractivity contribution is 4.91. The van der Waals surface area contributed by atoms with Gasteiger partial charge in [0.2, 0.25) is 0 Å². The molecule has 4 heteroatoms. The van der Waals surface area contributed by atoms with Gasteiger partial charge in [-0.3, -0.25) is 0 Å². The summed E-state index contributed by atoms with van der Waals surface area (Å²) in [4.78, 5) is 2.14. The Labute approximate surface area is 117 Å². The van der Waals surface area contributed by atoms with Crippen LogP contribution in [-0.2, 0) is 4.74 Å². The lowest BCUT2D eigenvalue weighted by molar-refractivity contribution is -0.164. The molecule has 2 fully saturated rings. The summed E-state index contributed by atoms with van der Waals surface area (Å²) in [6, 6.07) is 0.979.